The van der Waals surface area contributed by atoms with Crippen molar-refractivity contribution in [3.8, 4) is 0 Å². The van der Waals surface area contributed by atoms with Crippen molar-refractivity contribution in [3.63, 3.8) is 0 Å². The largest absolute Gasteiger partial charge is 0.271 e. The lowest BCUT2D eigenvalue weighted by Gasteiger charge is -2.33. The van der Waals surface area contributed by atoms with E-state index >= 15 is 0 Å². The van der Waals surface area contributed by atoms with Crippen LogP contribution in [-0.4, -0.2) is 6.04 Å². The molecule has 0 spiro atoms. The molecule has 3 N–H and O–H groups in total. The van der Waals surface area contributed by atoms with E-state index in [0.717, 1.165) is 16.7 Å². The molecule has 78 valence electrons. The molecule has 2 rings (SSSR count). The average molecular weight is 231 g/mol. The highest BCUT2D eigenvalue weighted by atomic mass is 35.5. The Labute approximate surface area is 93.4 Å². The quantitative estimate of drug-likeness (QED) is 0.617. The summed E-state index contributed by atoms with van der Waals surface area (Å²) in [6, 6.07) is 4.48. The van der Waals surface area contributed by atoms with Gasteiger partial charge < -0.3 is 0 Å². The van der Waals surface area contributed by atoms with Crippen molar-refractivity contribution in [3.05, 3.63) is 21.3 Å². The maximum absolute atomic E-state index is 5.88. The predicted octanol–water partition coefficient (Wildman–Crippen LogP) is 2.58. The number of nitrogens with one attached hydrogen (secondary N) is 1. The molecule has 1 fully saturated rings. The molecule has 4 heteroatoms. The van der Waals surface area contributed by atoms with Crippen LogP contribution >= 0.6 is 22.9 Å². The van der Waals surface area contributed by atoms with Crippen molar-refractivity contribution in [2.45, 2.75) is 31.7 Å². The number of hydrogen-bond acceptors (Lipinski definition) is 3. The first-order chi connectivity index (χ1) is 6.79. The van der Waals surface area contributed by atoms with Crippen LogP contribution in [0.25, 0.3) is 0 Å². The zero-order chi connectivity index (χ0) is 9.97. The summed E-state index contributed by atoms with van der Waals surface area (Å²) in [6.45, 7) is 0. The van der Waals surface area contributed by atoms with Crippen LogP contribution < -0.4 is 11.3 Å². The second kappa shape index (κ2) is 4.62. The predicted molar refractivity (Wildman–Crippen MR) is 61.5 cm³/mol. The molecule has 0 amide bonds. The van der Waals surface area contributed by atoms with Crippen molar-refractivity contribution in [2.24, 2.45) is 11.8 Å². The Kier molecular flexibility index (Phi) is 3.44. The van der Waals surface area contributed by atoms with Crippen LogP contribution in [-0.2, 0) is 6.42 Å². The molecular formula is C10H15ClN2S. The minimum atomic E-state index is 0.429. The van der Waals surface area contributed by atoms with Crippen LogP contribution in [0.4, 0.5) is 0 Å². The lowest BCUT2D eigenvalue weighted by atomic mass is 9.78. The van der Waals surface area contributed by atoms with Gasteiger partial charge in [-0.2, -0.15) is 0 Å². The van der Waals surface area contributed by atoms with E-state index in [4.69, 9.17) is 17.4 Å². The SMILES string of the molecule is NNC(Cc1ccc(Cl)s1)C1CCC1. The Bertz CT molecular complexity index is 296. The van der Waals surface area contributed by atoms with Crippen molar-refractivity contribution in [1.82, 2.24) is 5.43 Å². The molecule has 0 radical (unpaired) electrons. The van der Waals surface area contributed by atoms with Gasteiger partial charge in [0.15, 0.2) is 0 Å². The van der Waals surface area contributed by atoms with Crippen molar-refractivity contribution < 1.29 is 0 Å². The third-order valence-electron chi connectivity index (χ3n) is 2.98. The van der Waals surface area contributed by atoms with E-state index in [0.29, 0.717) is 6.04 Å². The van der Waals surface area contributed by atoms with Gasteiger partial charge >= 0.3 is 0 Å². The van der Waals surface area contributed by atoms with Crippen LogP contribution in [0.3, 0.4) is 0 Å². The Morgan fingerprint density at radius 2 is 2.36 bits per heavy atom. The number of hydrogen-bond donors (Lipinski definition) is 2. The van der Waals surface area contributed by atoms with Gasteiger partial charge in [-0.15, -0.1) is 11.3 Å². The van der Waals surface area contributed by atoms with Gasteiger partial charge in [0, 0.05) is 10.9 Å². The summed E-state index contributed by atoms with van der Waals surface area (Å²) < 4.78 is 0.865. The van der Waals surface area contributed by atoms with Crippen molar-refractivity contribution in [1.29, 1.82) is 0 Å². The number of nitrogens with two attached hydrogens (primary N) is 1. The second-order valence-electron chi connectivity index (χ2n) is 3.87. The molecule has 1 aliphatic carbocycles. The highest BCUT2D eigenvalue weighted by Crippen LogP contribution is 2.32. The lowest BCUT2D eigenvalue weighted by molar-refractivity contribution is 0.229. The molecule has 1 atom stereocenters. The zero-order valence-electron chi connectivity index (χ0n) is 8.00. The fourth-order valence-corrected chi connectivity index (χ4v) is 3.03. The maximum Gasteiger partial charge on any atom is 0.0931 e. The summed E-state index contributed by atoms with van der Waals surface area (Å²) in [5, 5.41) is 0. The number of thiophene rings is 1. The molecule has 0 aliphatic heterocycles. The minimum absolute atomic E-state index is 0.429. The smallest absolute Gasteiger partial charge is 0.0931 e. The average Bonchev–Trinajstić information content (AvgIpc) is 2.47. The fraction of sp³-hybridized carbons (Fsp3) is 0.600. The number of hydrazine groups is 1. The highest BCUT2D eigenvalue weighted by molar-refractivity contribution is 7.16. The molecule has 1 heterocycles. The van der Waals surface area contributed by atoms with Crippen molar-refractivity contribution >= 4 is 22.9 Å². The van der Waals surface area contributed by atoms with Gasteiger partial charge in [-0.3, -0.25) is 11.3 Å². The first-order valence-corrected chi connectivity index (χ1v) is 6.19. The highest BCUT2D eigenvalue weighted by Gasteiger charge is 2.26. The zero-order valence-corrected chi connectivity index (χ0v) is 9.57. The van der Waals surface area contributed by atoms with Gasteiger partial charge in [0.2, 0.25) is 0 Å². The molecule has 0 bridgehead atoms. The molecule has 1 aliphatic rings. The summed E-state index contributed by atoms with van der Waals surface area (Å²) in [5.74, 6) is 6.32. The molecule has 0 saturated heterocycles. The second-order valence-corrected chi connectivity index (χ2v) is 5.67. The summed E-state index contributed by atoms with van der Waals surface area (Å²) in [5.41, 5.74) is 2.93. The number of rotatable bonds is 4. The Morgan fingerprint density at radius 3 is 2.79 bits per heavy atom. The van der Waals surface area contributed by atoms with E-state index in [9.17, 15) is 0 Å². The van der Waals surface area contributed by atoms with Gasteiger partial charge in [-0.25, -0.2) is 0 Å². The van der Waals surface area contributed by atoms with Crippen LogP contribution in [0, 0.1) is 5.92 Å². The molecule has 2 nitrogen and oxygen atoms in total. The maximum atomic E-state index is 5.88. The Balaban J connectivity index is 1.93. The minimum Gasteiger partial charge on any atom is -0.271 e. The fourth-order valence-electron chi connectivity index (χ4n) is 1.88. The van der Waals surface area contributed by atoms with E-state index in [1.165, 1.54) is 24.1 Å². The number of halogens is 1. The van der Waals surface area contributed by atoms with Crippen LogP contribution in [0.2, 0.25) is 4.34 Å². The van der Waals surface area contributed by atoms with Gasteiger partial charge in [0.1, 0.15) is 0 Å². The lowest BCUT2D eigenvalue weighted by Crippen LogP contribution is -2.44. The monoisotopic (exact) mass is 230 g/mol. The molecule has 1 saturated carbocycles. The summed E-state index contributed by atoms with van der Waals surface area (Å²) in [7, 11) is 0. The topological polar surface area (TPSA) is 38.0 Å². The standard InChI is InChI=1S/C10H15ClN2S/c11-10-5-4-8(14-10)6-9(13-12)7-2-1-3-7/h4-5,7,9,13H,1-3,6,12H2. The van der Waals surface area contributed by atoms with Crippen LogP contribution in [0.1, 0.15) is 24.1 Å². The van der Waals surface area contributed by atoms with E-state index in [1.54, 1.807) is 11.3 Å². The van der Waals surface area contributed by atoms with E-state index in [-0.39, 0.29) is 0 Å². The molecule has 1 unspecified atom stereocenters. The summed E-state index contributed by atoms with van der Waals surface area (Å²) >= 11 is 7.53. The summed E-state index contributed by atoms with van der Waals surface area (Å²) in [6.07, 6.45) is 4.99. The molecule has 14 heavy (non-hydrogen) atoms. The Morgan fingerprint density at radius 1 is 1.57 bits per heavy atom. The summed E-state index contributed by atoms with van der Waals surface area (Å²) in [4.78, 5) is 1.32. The first kappa shape index (κ1) is 10.4. The van der Waals surface area contributed by atoms with Gasteiger partial charge in [0.25, 0.3) is 0 Å². The first-order valence-electron chi connectivity index (χ1n) is 5.00. The van der Waals surface area contributed by atoms with Crippen LogP contribution in [0.15, 0.2) is 12.1 Å². The Hall–Kier alpha value is -0.0900. The normalized spacial score (nSPS) is 19.3. The molecule has 0 aromatic carbocycles. The van der Waals surface area contributed by atoms with Gasteiger partial charge in [-0.1, -0.05) is 18.0 Å². The van der Waals surface area contributed by atoms with Gasteiger partial charge in [-0.05, 0) is 37.3 Å². The van der Waals surface area contributed by atoms with Crippen LogP contribution in [0.5, 0.6) is 0 Å². The molecule has 1 aromatic heterocycles. The van der Waals surface area contributed by atoms with E-state index in [1.807, 2.05) is 6.07 Å². The van der Waals surface area contributed by atoms with Gasteiger partial charge in [0.05, 0.1) is 4.34 Å². The van der Waals surface area contributed by atoms with Crippen molar-refractivity contribution in [2.75, 3.05) is 0 Å². The molecular weight excluding hydrogens is 216 g/mol. The third kappa shape index (κ3) is 2.28. The third-order valence-corrected chi connectivity index (χ3v) is 4.24. The van der Waals surface area contributed by atoms with E-state index in [2.05, 4.69) is 11.5 Å². The van der Waals surface area contributed by atoms with E-state index < -0.39 is 0 Å². The molecule has 1 aromatic rings.